The number of hydrogen-bond donors (Lipinski definition) is 1. The van der Waals surface area contributed by atoms with Crippen molar-refractivity contribution in [2.45, 2.75) is 42.0 Å². The van der Waals surface area contributed by atoms with E-state index in [9.17, 15) is 9.59 Å². The SMILES string of the molecule is O=C(Cn1c2c(sc1=O)[C@H](c1ccc(Cl)cc1)C1C3CCC(C3)C1S2)Nc1ccc(Cl)cc1. The van der Waals surface area contributed by atoms with E-state index in [-0.39, 0.29) is 23.2 Å². The summed E-state index contributed by atoms with van der Waals surface area (Å²) < 4.78 is 1.68. The number of halogens is 2. The fourth-order valence-electron chi connectivity index (χ4n) is 6.01. The first kappa shape index (κ1) is 21.8. The van der Waals surface area contributed by atoms with Crippen molar-refractivity contribution in [3.63, 3.8) is 0 Å². The molecule has 1 N–H and O–H groups in total. The van der Waals surface area contributed by atoms with E-state index in [1.165, 1.54) is 36.2 Å². The Bertz CT molecular complexity index is 1270. The molecular formula is C25H22Cl2N2O2S2. The zero-order valence-electron chi connectivity index (χ0n) is 17.7. The molecule has 3 aliphatic rings. The van der Waals surface area contributed by atoms with E-state index in [4.69, 9.17) is 23.2 Å². The largest absolute Gasteiger partial charge is 0.325 e. The molecule has 0 saturated heterocycles. The number of thiazole rings is 1. The molecule has 2 aromatic carbocycles. The molecular weight excluding hydrogens is 495 g/mol. The maximum absolute atomic E-state index is 13.1. The van der Waals surface area contributed by atoms with Crippen molar-refractivity contribution in [2.75, 3.05) is 5.32 Å². The van der Waals surface area contributed by atoms with Crippen LogP contribution in [0.5, 0.6) is 0 Å². The molecule has 0 spiro atoms. The van der Waals surface area contributed by atoms with E-state index in [1.54, 1.807) is 28.8 Å². The lowest BCUT2D eigenvalue weighted by Crippen LogP contribution is -2.34. The highest BCUT2D eigenvalue weighted by Crippen LogP contribution is 2.64. The van der Waals surface area contributed by atoms with Crippen molar-refractivity contribution < 1.29 is 4.79 Å². The second-order valence-electron chi connectivity index (χ2n) is 9.20. The highest BCUT2D eigenvalue weighted by Gasteiger charge is 2.55. The average Bonchev–Trinajstić information content (AvgIpc) is 3.49. The van der Waals surface area contributed by atoms with Crippen LogP contribution in [0, 0.1) is 17.8 Å². The van der Waals surface area contributed by atoms with Gasteiger partial charge in [0.15, 0.2) is 0 Å². The topological polar surface area (TPSA) is 51.1 Å². The van der Waals surface area contributed by atoms with E-state index >= 15 is 0 Å². The molecule has 1 aromatic heterocycles. The zero-order valence-corrected chi connectivity index (χ0v) is 20.8. The van der Waals surface area contributed by atoms with E-state index in [1.807, 2.05) is 23.9 Å². The lowest BCUT2D eigenvalue weighted by atomic mass is 9.75. The number of rotatable bonds is 4. The second-order valence-corrected chi connectivity index (χ2v) is 12.2. The molecule has 6 rings (SSSR count). The summed E-state index contributed by atoms with van der Waals surface area (Å²) >= 11 is 15.3. The van der Waals surface area contributed by atoms with Crippen LogP contribution in [0.3, 0.4) is 0 Å². The predicted molar refractivity (Wildman–Crippen MR) is 136 cm³/mol. The molecule has 2 saturated carbocycles. The van der Waals surface area contributed by atoms with E-state index < -0.39 is 0 Å². The maximum Gasteiger partial charge on any atom is 0.308 e. The van der Waals surface area contributed by atoms with E-state index in [0.717, 1.165) is 14.9 Å². The minimum atomic E-state index is -0.210. The summed E-state index contributed by atoms with van der Waals surface area (Å²) in [4.78, 5) is 27.0. The number of nitrogens with zero attached hydrogens (tertiary/aromatic N) is 1. The Kier molecular flexibility index (Phi) is 5.60. The summed E-state index contributed by atoms with van der Waals surface area (Å²) in [6.07, 6.45) is 3.83. The molecule has 4 unspecified atom stereocenters. The fourth-order valence-corrected chi connectivity index (χ4v) is 9.41. The van der Waals surface area contributed by atoms with Crippen LogP contribution in [0.15, 0.2) is 58.4 Å². The minimum absolute atomic E-state index is 0.0130. The van der Waals surface area contributed by atoms with Gasteiger partial charge in [-0.05, 0) is 79.0 Å². The Morgan fingerprint density at radius 2 is 1.67 bits per heavy atom. The lowest BCUT2D eigenvalue weighted by Gasteiger charge is -2.40. The summed E-state index contributed by atoms with van der Waals surface area (Å²) in [7, 11) is 0. The second kappa shape index (κ2) is 8.49. The van der Waals surface area contributed by atoms with Crippen LogP contribution < -0.4 is 10.2 Å². The van der Waals surface area contributed by atoms with Gasteiger partial charge in [-0.25, -0.2) is 0 Å². The van der Waals surface area contributed by atoms with Crippen LogP contribution in [0.4, 0.5) is 5.69 Å². The Morgan fingerprint density at radius 1 is 1.00 bits per heavy atom. The van der Waals surface area contributed by atoms with Crippen molar-refractivity contribution >= 4 is 57.9 Å². The van der Waals surface area contributed by atoms with Crippen LogP contribution in [0.25, 0.3) is 0 Å². The number of anilines is 1. The number of nitrogens with one attached hydrogen (secondary N) is 1. The third kappa shape index (κ3) is 3.85. The quantitative estimate of drug-likeness (QED) is 0.430. The highest BCUT2D eigenvalue weighted by molar-refractivity contribution is 8.00. The molecule has 4 nitrogen and oxygen atoms in total. The first-order chi connectivity index (χ1) is 16.0. The molecule has 8 heteroatoms. The average molecular weight is 518 g/mol. The first-order valence-corrected chi connectivity index (χ1v) is 13.6. The third-order valence-electron chi connectivity index (χ3n) is 7.35. The maximum atomic E-state index is 13.1. The number of amides is 1. The number of aromatic nitrogens is 1. The first-order valence-electron chi connectivity index (χ1n) is 11.2. The number of thioether (sulfide) groups is 1. The molecule has 2 heterocycles. The van der Waals surface area contributed by atoms with Gasteiger partial charge in [-0.15, -0.1) is 11.8 Å². The molecule has 0 radical (unpaired) electrons. The summed E-state index contributed by atoms with van der Waals surface area (Å²) in [6.45, 7) is 0.0130. The molecule has 170 valence electrons. The number of benzene rings is 2. The Balaban J connectivity index is 1.36. The van der Waals surface area contributed by atoms with Gasteiger partial charge in [-0.1, -0.05) is 46.7 Å². The van der Waals surface area contributed by atoms with Crippen molar-refractivity contribution in [1.29, 1.82) is 0 Å². The van der Waals surface area contributed by atoms with Gasteiger partial charge in [0.1, 0.15) is 6.54 Å². The molecule has 2 aliphatic carbocycles. The zero-order chi connectivity index (χ0) is 22.7. The number of hydrogen-bond acceptors (Lipinski definition) is 4. The summed E-state index contributed by atoms with van der Waals surface area (Å²) in [6, 6.07) is 15.1. The van der Waals surface area contributed by atoms with Gasteiger partial charge >= 0.3 is 4.87 Å². The normalized spacial score (nSPS) is 27.3. The van der Waals surface area contributed by atoms with Crippen LogP contribution in [-0.2, 0) is 11.3 Å². The van der Waals surface area contributed by atoms with Crippen molar-refractivity contribution in [3.05, 3.63) is 78.7 Å². The molecule has 33 heavy (non-hydrogen) atoms. The summed E-state index contributed by atoms with van der Waals surface area (Å²) in [5.74, 6) is 1.92. The van der Waals surface area contributed by atoms with Crippen molar-refractivity contribution in [3.8, 4) is 0 Å². The molecule has 5 atom stereocenters. The van der Waals surface area contributed by atoms with Gasteiger partial charge < -0.3 is 5.32 Å². The Morgan fingerprint density at radius 3 is 2.39 bits per heavy atom. The summed E-state index contributed by atoms with van der Waals surface area (Å²) in [5.41, 5.74) is 1.89. The van der Waals surface area contributed by atoms with Crippen LogP contribution in [0.1, 0.15) is 35.6 Å². The van der Waals surface area contributed by atoms with Crippen LogP contribution >= 0.6 is 46.3 Å². The molecule has 2 bridgehead atoms. The van der Waals surface area contributed by atoms with Gasteiger partial charge in [-0.3, -0.25) is 14.2 Å². The van der Waals surface area contributed by atoms with Gasteiger partial charge in [0.2, 0.25) is 5.91 Å². The smallest absolute Gasteiger partial charge is 0.308 e. The number of carbonyl (C=O) groups excluding carboxylic acids is 1. The molecule has 2 fully saturated rings. The molecule has 1 amide bonds. The monoisotopic (exact) mass is 516 g/mol. The third-order valence-corrected chi connectivity index (χ3v) is 10.7. The van der Waals surface area contributed by atoms with Gasteiger partial charge in [0.05, 0.1) is 5.03 Å². The number of fused-ring (bicyclic) bond motifs is 6. The van der Waals surface area contributed by atoms with E-state index in [0.29, 0.717) is 33.7 Å². The summed E-state index contributed by atoms with van der Waals surface area (Å²) in [5, 5.41) is 5.69. The Labute approximate surface area is 210 Å². The lowest BCUT2D eigenvalue weighted by molar-refractivity contribution is -0.116. The fraction of sp³-hybridized carbons (Fsp3) is 0.360. The van der Waals surface area contributed by atoms with Gasteiger partial charge in [0.25, 0.3) is 0 Å². The standard InChI is InChI=1S/C25H22Cl2N2O2S2/c26-16-5-3-13(4-6-16)20-21-14-1-2-15(11-14)22(21)32-24-23(20)33-25(31)29(24)12-19(30)28-18-9-7-17(27)8-10-18/h3-10,14-15,20-22H,1-2,11-12H2,(H,28,30)/t14?,15?,20-,21?,22?/m1/s1. The molecule has 1 aliphatic heterocycles. The van der Waals surface area contributed by atoms with E-state index in [2.05, 4.69) is 17.4 Å². The van der Waals surface area contributed by atoms with Crippen molar-refractivity contribution in [2.24, 2.45) is 17.8 Å². The van der Waals surface area contributed by atoms with Crippen LogP contribution in [0.2, 0.25) is 10.0 Å². The molecule has 3 aromatic rings. The Hall–Kier alpha value is -1.73. The minimum Gasteiger partial charge on any atom is -0.325 e. The van der Waals surface area contributed by atoms with Crippen molar-refractivity contribution in [1.82, 2.24) is 4.57 Å². The number of carbonyl (C=O) groups is 1. The van der Waals surface area contributed by atoms with Crippen LogP contribution in [-0.4, -0.2) is 15.7 Å². The van der Waals surface area contributed by atoms with Gasteiger partial charge in [0, 0.05) is 31.8 Å². The predicted octanol–water partition coefficient (Wildman–Crippen LogP) is 6.51. The van der Waals surface area contributed by atoms with Gasteiger partial charge in [-0.2, -0.15) is 0 Å². The highest BCUT2D eigenvalue weighted by atomic mass is 35.5.